The molecule has 0 aliphatic carbocycles. The van der Waals surface area contributed by atoms with Crippen molar-refractivity contribution in [2.75, 3.05) is 13.1 Å². The van der Waals surface area contributed by atoms with Crippen molar-refractivity contribution in [1.82, 2.24) is 20.5 Å². The van der Waals surface area contributed by atoms with Crippen LogP contribution in [-0.4, -0.2) is 28.3 Å². The number of likely N-dealkylation sites (N-methyl/N-ethyl adjacent to an activating group) is 1. The van der Waals surface area contributed by atoms with Crippen LogP contribution in [0.25, 0.3) is 11.6 Å². The molecule has 0 fully saturated rings. The van der Waals surface area contributed by atoms with Gasteiger partial charge >= 0.3 is 0 Å². The molecule has 0 unspecified atom stereocenters. The van der Waals surface area contributed by atoms with Gasteiger partial charge in [0.1, 0.15) is 5.69 Å². The van der Waals surface area contributed by atoms with Crippen LogP contribution in [0.5, 0.6) is 0 Å². The second-order valence-corrected chi connectivity index (χ2v) is 3.77. The molecule has 2 aromatic heterocycles. The maximum absolute atomic E-state index is 5.57. The highest BCUT2D eigenvalue weighted by Gasteiger charge is 2.11. The maximum Gasteiger partial charge on any atom is 0.266 e. The molecule has 5 heteroatoms. The van der Waals surface area contributed by atoms with Gasteiger partial charge in [0.25, 0.3) is 5.89 Å². The first-order valence-electron chi connectivity index (χ1n) is 5.76. The Labute approximate surface area is 100 Å². The van der Waals surface area contributed by atoms with Gasteiger partial charge in [-0.1, -0.05) is 13.0 Å². The van der Waals surface area contributed by atoms with E-state index in [-0.39, 0.29) is 0 Å². The predicted molar refractivity (Wildman–Crippen MR) is 64.5 cm³/mol. The zero-order valence-electron chi connectivity index (χ0n) is 10.1. The summed E-state index contributed by atoms with van der Waals surface area (Å²) in [6.07, 6.45) is 2.47. The highest BCUT2D eigenvalue weighted by Crippen LogP contribution is 2.18. The molecule has 2 rings (SSSR count). The Kier molecular flexibility index (Phi) is 3.82. The van der Waals surface area contributed by atoms with Crippen molar-refractivity contribution in [2.45, 2.75) is 20.3 Å². The third-order valence-electron chi connectivity index (χ3n) is 2.44. The maximum atomic E-state index is 5.57. The van der Waals surface area contributed by atoms with Crippen molar-refractivity contribution >= 4 is 0 Å². The monoisotopic (exact) mass is 232 g/mol. The molecule has 0 spiro atoms. The van der Waals surface area contributed by atoms with E-state index in [0.29, 0.717) is 11.8 Å². The van der Waals surface area contributed by atoms with E-state index >= 15 is 0 Å². The molecule has 0 saturated heterocycles. The Hall–Kier alpha value is -1.75. The van der Waals surface area contributed by atoms with Crippen LogP contribution in [0.15, 0.2) is 22.7 Å². The summed E-state index contributed by atoms with van der Waals surface area (Å²) < 4.78 is 5.57. The number of aromatic nitrogens is 3. The van der Waals surface area contributed by atoms with Crippen LogP contribution in [0.2, 0.25) is 0 Å². The largest absolute Gasteiger partial charge is 0.419 e. The van der Waals surface area contributed by atoms with Crippen molar-refractivity contribution in [1.29, 1.82) is 0 Å². The smallest absolute Gasteiger partial charge is 0.266 e. The number of pyridine rings is 1. The average Bonchev–Trinajstić information content (AvgIpc) is 2.79. The van der Waals surface area contributed by atoms with Gasteiger partial charge in [0.15, 0.2) is 0 Å². The van der Waals surface area contributed by atoms with E-state index in [0.717, 1.165) is 30.8 Å². The molecule has 1 N–H and O–H groups in total. The quantitative estimate of drug-likeness (QED) is 0.793. The summed E-state index contributed by atoms with van der Waals surface area (Å²) in [4.78, 5) is 4.25. The first-order chi connectivity index (χ1) is 8.31. The van der Waals surface area contributed by atoms with Crippen LogP contribution in [0.1, 0.15) is 18.4 Å². The van der Waals surface area contributed by atoms with Crippen molar-refractivity contribution < 1.29 is 4.42 Å². The Bertz CT molecular complexity index is 481. The lowest BCUT2D eigenvalue weighted by Crippen LogP contribution is -2.16. The highest BCUT2D eigenvalue weighted by molar-refractivity contribution is 5.51. The number of aryl methyl sites for hydroxylation is 1. The van der Waals surface area contributed by atoms with Gasteiger partial charge < -0.3 is 9.73 Å². The number of rotatable bonds is 5. The Morgan fingerprint density at radius 2 is 2.24 bits per heavy atom. The molecule has 0 aliphatic heterocycles. The van der Waals surface area contributed by atoms with Crippen molar-refractivity contribution in [3.63, 3.8) is 0 Å². The fourth-order valence-corrected chi connectivity index (χ4v) is 1.53. The molecule has 0 bridgehead atoms. The minimum atomic E-state index is 0.495. The summed E-state index contributed by atoms with van der Waals surface area (Å²) in [5, 5.41) is 11.2. The van der Waals surface area contributed by atoms with Crippen LogP contribution in [-0.2, 0) is 6.42 Å². The minimum Gasteiger partial charge on any atom is -0.419 e. The topological polar surface area (TPSA) is 63.8 Å². The summed E-state index contributed by atoms with van der Waals surface area (Å²) in [7, 11) is 0. The van der Waals surface area contributed by atoms with Gasteiger partial charge in [-0.15, -0.1) is 10.2 Å². The number of hydrogen-bond donors (Lipinski definition) is 1. The molecule has 0 aliphatic rings. The highest BCUT2D eigenvalue weighted by atomic mass is 16.4. The van der Waals surface area contributed by atoms with Gasteiger partial charge in [0.05, 0.1) is 0 Å². The summed E-state index contributed by atoms with van der Waals surface area (Å²) in [6, 6.07) is 3.87. The van der Waals surface area contributed by atoms with E-state index < -0.39 is 0 Å². The standard InChI is InChI=1S/C12H16N4O/c1-3-13-8-6-10-15-16-12(17-10)11-9(2)5-4-7-14-11/h4-5,7,13H,3,6,8H2,1-2H3. The summed E-state index contributed by atoms with van der Waals surface area (Å²) >= 11 is 0. The third-order valence-corrected chi connectivity index (χ3v) is 2.44. The van der Waals surface area contributed by atoms with E-state index in [4.69, 9.17) is 4.42 Å². The van der Waals surface area contributed by atoms with Gasteiger partial charge in [-0.25, -0.2) is 0 Å². The molecular weight excluding hydrogens is 216 g/mol. The molecule has 0 aromatic carbocycles. The summed E-state index contributed by atoms with van der Waals surface area (Å²) in [5.41, 5.74) is 1.80. The first kappa shape index (κ1) is 11.7. The second-order valence-electron chi connectivity index (χ2n) is 3.77. The molecule has 0 saturated carbocycles. The lowest BCUT2D eigenvalue weighted by molar-refractivity contribution is 0.495. The lowest BCUT2D eigenvalue weighted by Gasteiger charge is -1.98. The zero-order valence-corrected chi connectivity index (χ0v) is 10.1. The minimum absolute atomic E-state index is 0.495. The Morgan fingerprint density at radius 1 is 1.35 bits per heavy atom. The van der Waals surface area contributed by atoms with Crippen molar-refractivity contribution in [3.05, 3.63) is 29.8 Å². The van der Waals surface area contributed by atoms with Gasteiger partial charge in [0.2, 0.25) is 5.89 Å². The Balaban J connectivity index is 2.10. The first-order valence-corrected chi connectivity index (χ1v) is 5.76. The van der Waals surface area contributed by atoms with Crippen molar-refractivity contribution in [3.8, 4) is 11.6 Å². The van der Waals surface area contributed by atoms with Gasteiger partial charge in [-0.05, 0) is 25.1 Å². The van der Waals surface area contributed by atoms with Crippen LogP contribution in [0.4, 0.5) is 0 Å². The number of nitrogens with one attached hydrogen (secondary N) is 1. The zero-order chi connectivity index (χ0) is 12.1. The van der Waals surface area contributed by atoms with E-state index in [9.17, 15) is 0 Å². The molecule has 0 amide bonds. The van der Waals surface area contributed by atoms with Crippen LogP contribution in [0, 0.1) is 6.92 Å². The normalized spacial score (nSPS) is 10.7. The third kappa shape index (κ3) is 2.88. The molecule has 2 aromatic rings. The van der Waals surface area contributed by atoms with Gasteiger partial charge in [0, 0.05) is 19.2 Å². The van der Waals surface area contributed by atoms with Crippen molar-refractivity contribution in [2.24, 2.45) is 0 Å². The molecule has 0 radical (unpaired) electrons. The Morgan fingerprint density at radius 3 is 3.00 bits per heavy atom. The van der Waals surface area contributed by atoms with E-state index in [1.54, 1.807) is 6.20 Å². The van der Waals surface area contributed by atoms with Gasteiger partial charge in [-0.3, -0.25) is 4.98 Å². The van der Waals surface area contributed by atoms with Crippen LogP contribution >= 0.6 is 0 Å². The van der Waals surface area contributed by atoms with E-state index in [2.05, 4.69) is 27.4 Å². The fourth-order valence-electron chi connectivity index (χ4n) is 1.53. The average molecular weight is 232 g/mol. The molecule has 17 heavy (non-hydrogen) atoms. The van der Waals surface area contributed by atoms with E-state index in [1.165, 1.54) is 0 Å². The molecular formula is C12H16N4O. The number of hydrogen-bond acceptors (Lipinski definition) is 5. The second kappa shape index (κ2) is 5.54. The summed E-state index contributed by atoms with van der Waals surface area (Å²) in [5.74, 6) is 1.14. The fraction of sp³-hybridized carbons (Fsp3) is 0.417. The molecule has 2 heterocycles. The summed E-state index contributed by atoms with van der Waals surface area (Å²) in [6.45, 7) is 5.83. The van der Waals surface area contributed by atoms with Crippen LogP contribution < -0.4 is 5.32 Å². The lowest BCUT2D eigenvalue weighted by atomic mass is 10.2. The molecule has 0 atom stereocenters. The van der Waals surface area contributed by atoms with E-state index in [1.807, 2.05) is 19.1 Å². The SMILES string of the molecule is CCNCCc1nnc(-c2ncccc2C)o1. The van der Waals surface area contributed by atoms with Crippen LogP contribution in [0.3, 0.4) is 0 Å². The number of nitrogens with zero attached hydrogens (tertiary/aromatic N) is 3. The van der Waals surface area contributed by atoms with Gasteiger partial charge in [-0.2, -0.15) is 0 Å². The molecule has 5 nitrogen and oxygen atoms in total. The predicted octanol–water partition coefficient (Wildman–Crippen LogP) is 1.59. The molecule has 90 valence electrons.